The van der Waals surface area contributed by atoms with Crippen molar-refractivity contribution in [1.82, 2.24) is 0 Å². The summed E-state index contributed by atoms with van der Waals surface area (Å²) < 4.78 is 36.6. The van der Waals surface area contributed by atoms with Gasteiger partial charge in [-0.25, -0.2) is 17.9 Å². The van der Waals surface area contributed by atoms with Gasteiger partial charge in [-0.2, -0.15) is 0 Å². The van der Waals surface area contributed by atoms with Crippen LogP contribution in [0.1, 0.15) is 20.8 Å². The van der Waals surface area contributed by atoms with Crippen molar-refractivity contribution in [1.29, 1.82) is 0 Å². The summed E-state index contributed by atoms with van der Waals surface area (Å²) in [5.74, 6) is -0.738. The summed E-state index contributed by atoms with van der Waals surface area (Å²) in [6, 6.07) is 0. The Hall–Kier alpha value is 0.240. The molecule has 0 bridgehead atoms. The molecule has 0 aromatic heterocycles. The highest BCUT2D eigenvalue weighted by molar-refractivity contribution is 8.30. The van der Waals surface area contributed by atoms with Gasteiger partial charge in [0.1, 0.15) is 0 Å². The van der Waals surface area contributed by atoms with Crippen LogP contribution in [0.4, 0.5) is 0 Å². The molecule has 0 aromatic rings. The lowest BCUT2D eigenvalue weighted by atomic mass is 10.3. The molecule has 14 heavy (non-hydrogen) atoms. The SMILES string of the molecule is CC(C)(C)S(=O)(=O)CCS(=O)(=S)OO. The Bertz CT molecular complexity index is 372. The van der Waals surface area contributed by atoms with Crippen LogP contribution in [0.2, 0.25) is 0 Å². The van der Waals surface area contributed by atoms with Gasteiger partial charge in [0.15, 0.2) is 18.6 Å². The third-order valence-corrected chi connectivity index (χ3v) is 6.13. The Morgan fingerprint density at radius 1 is 1.21 bits per heavy atom. The maximum Gasteiger partial charge on any atom is 0.174 e. The van der Waals surface area contributed by atoms with Crippen molar-refractivity contribution < 1.29 is 22.2 Å². The highest BCUT2D eigenvalue weighted by Gasteiger charge is 2.29. The number of hydrogen-bond acceptors (Lipinski definition) is 6. The van der Waals surface area contributed by atoms with E-state index in [-0.39, 0.29) is 11.5 Å². The molecule has 0 saturated heterocycles. The molecule has 1 atom stereocenters. The van der Waals surface area contributed by atoms with E-state index in [1.807, 2.05) is 0 Å². The van der Waals surface area contributed by atoms with E-state index < -0.39 is 23.4 Å². The molecule has 0 aliphatic carbocycles. The van der Waals surface area contributed by atoms with Gasteiger partial charge in [0, 0.05) is 11.2 Å². The van der Waals surface area contributed by atoms with Gasteiger partial charge < -0.3 is 0 Å². The molecule has 0 heterocycles. The van der Waals surface area contributed by atoms with Crippen LogP contribution in [-0.2, 0) is 34.1 Å². The van der Waals surface area contributed by atoms with Gasteiger partial charge in [-0.15, -0.1) is 4.33 Å². The zero-order valence-electron chi connectivity index (χ0n) is 8.22. The Morgan fingerprint density at radius 3 is 1.93 bits per heavy atom. The molecule has 0 fully saturated rings. The first-order valence-electron chi connectivity index (χ1n) is 3.80. The lowest BCUT2D eigenvalue weighted by Gasteiger charge is -2.18. The van der Waals surface area contributed by atoms with Crippen LogP contribution >= 0.6 is 0 Å². The van der Waals surface area contributed by atoms with Gasteiger partial charge in [-0.05, 0) is 20.8 Å². The van der Waals surface area contributed by atoms with Crippen molar-refractivity contribution in [3.05, 3.63) is 0 Å². The van der Waals surface area contributed by atoms with E-state index in [9.17, 15) is 12.6 Å². The maximum absolute atomic E-state index is 11.5. The molecule has 0 aliphatic rings. The summed E-state index contributed by atoms with van der Waals surface area (Å²) in [6.07, 6.45) is 0. The average molecular weight is 262 g/mol. The standard InChI is InChI=1S/C6H14O5S3/c1-6(2,3)13(8,9)4-5-14(10,12)11-7/h7H,4-5H2,1-3H3. The predicted octanol–water partition coefficient (Wildman–Crippen LogP) is 0.351. The highest BCUT2D eigenvalue weighted by Crippen LogP contribution is 2.16. The lowest BCUT2D eigenvalue weighted by Crippen LogP contribution is -2.33. The molecule has 1 unspecified atom stereocenters. The van der Waals surface area contributed by atoms with E-state index in [1.54, 1.807) is 0 Å². The molecule has 86 valence electrons. The number of hydrogen-bond donors (Lipinski definition) is 1. The number of rotatable bonds is 4. The van der Waals surface area contributed by atoms with Crippen molar-refractivity contribution in [2.24, 2.45) is 0 Å². The molecule has 0 spiro atoms. The minimum Gasteiger partial charge on any atom is -0.237 e. The fourth-order valence-corrected chi connectivity index (χ4v) is 3.55. The van der Waals surface area contributed by atoms with E-state index in [1.165, 1.54) is 20.8 Å². The van der Waals surface area contributed by atoms with Crippen molar-refractivity contribution in [2.45, 2.75) is 25.5 Å². The van der Waals surface area contributed by atoms with E-state index in [2.05, 4.69) is 15.5 Å². The molecule has 0 aromatic carbocycles. The largest absolute Gasteiger partial charge is 0.237 e. The quantitative estimate of drug-likeness (QED) is 0.581. The Kier molecular flexibility index (Phi) is 4.47. The molecule has 0 amide bonds. The normalized spacial score (nSPS) is 17.7. The van der Waals surface area contributed by atoms with Crippen molar-refractivity contribution >= 4 is 29.8 Å². The minimum absolute atomic E-state index is 0.362. The van der Waals surface area contributed by atoms with E-state index in [4.69, 9.17) is 5.26 Å². The topological polar surface area (TPSA) is 80.7 Å². The van der Waals surface area contributed by atoms with Gasteiger partial charge in [0.05, 0.1) is 16.3 Å². The summed E-state index contributed by atoms with van der Waals surface area (Å²) in [6.45, 7) is 4.61. The Morgan fingerprint density at radius 2 is 1.64 bits per heavy atom. The number of sulfone groups is 1. The Labute approximate surface area is 89.2 Å². The first-order valence-corrected chi connectivity index (χ1v) is 8.03. The van der Waals surface area contributed by atoms with Crippen LogP contribution in [0.25, 0.3) is 0 Å². The van der Waals surface area contributed by atoms with E-state index in [0.29, 0.717) is 0 Å². The second kappa shape index (κ2) is 4.40. The molecule has 0 radical (unpaired) electrons. The molecule has 0 saturated carbocycles. The van der Waals surface area contributed by atoms with Crippen LogP contribution in [0.3, 0.4) is 0 Å². The van der Waals surface area contributed by atoms with Gasteiger partial charge in [-0.1, -0.05) is 0 Å². The third-order valence-electron chi connectivity index (χ3n) is 1.65. The van der Waals surface area contributed by atoms with Gasteiger partial charge in [0.2, 0.25) is 0 Å². The molecule has 0 aliphatic heterocycles. The third kappa shape index (κ3) is 4.18. The predicted molar refractivity (Wildman–Crippen MR) is 57.6 cm³/mol. The van der Waals surface area contributed by atoms with Crippen LogP contribution in [-0.4, -0.2) is 34.1 Å². The summed E-state index contributed by atoms with van der Waals surface area (Å²) in [7, 11) is -6.68. The molecule has 8 heteroatoms. The fraction of sp³-hybridized carbons (Fsp3) is 1.00. The second-order valence-electron chi connectivity index (χ2n) is 3.77. The fourth-order valence-electron chi connectivity index (χ4n) is 0.555. The summed E-state index contributed by atoms with van der Waals surface area (Å²) in [5, 5.41) is 8.12. The minimum atomic E-state index is -3.38. The van der Waals surface area contributed by atoms with Gasteiger partial charge >= 0.3 is 0 Å². The summed E-state index contributed by atoms with van der Waals surface area (Å²) >= 11 is 4.33. The Balaban J connectivity index is 4.60. The van der Waals surface area contributed by atoms with Crippen molar-refractivity contribution in [3.8, 4) is 0 Å². The lowest BCUT2D eigenvalue weighted by molar-refractivity contribution is -0.124. The zero-order valence-corrected chi connectivity index (χ0v) is 10.7. The maximum atomic E-state index is 11.5. The van der Waals surface area contributed by atoms with Crippen molar-refractivity contribution in [3.63, 3.8) is 0 Å². The molecule has 5 nitrogen and oxygen atoms in total. The van der Waals surface area contributed by atoms with E-state index in [0.717, 1.165) is 0 Å². The van der Waals surface area contributed by atoms with E-state index >= 15 is 0 Å². The van der Waals surface area contributed by atoms with Crippen molar-refractivity contribution in [2.75, 3.05) is 11.5 Å². The van der Waals surface area contributed by atoms with Crippen LogP contribution in [0.5, 0.6) is 0 Å². The molecular formula is C6H14O5S3. The zero-order chi connectivity index (χ0) is 11.6. The average Bonchev–Trinajstić information content (AvgIpc) is 1.99. The van der Waals surface area contributed by atoms with Crippen LogP contribution in [0, 0.1) is 0 Å². The molecule has 0 rings (SSSR count). The molecule has 1 N–H and O–H groups in total. The highest BCUT2D eigenvalue weighted by atomic mass is 32.8. The van der Waals surface area contributed by atoms with Gasteiger partial charge in [0.25, 0.3) is 0 Å². The monoisotopic (exact) mass is 262 g/mol. The first-order chi connectivity index (χ1) is 6.02. The summed E-state index contributed by atoms with van der Waals surface area (Å²) in [5.41, 5.74) is 0. The molecular weight excluding hydrogens is 248 g/mol. The summed E-state index contributed by atoms with van der Waals surface area (Å²) in [4.78, 5) is 0. The smallest absolute Gasteiger partial charge is 0.174 e. The second-order valence-corrected chi connectivity index (χ2v) is 9.83. The van der Waals surface area contributed by atoms with Gasteiger partial charge in [-0.3, -0.25) is 0 Å². The van der Waals surface area contributed by atoms with Crippen LogP contribution in [0.15, 0.2) is 0 Å². The first kappa shape index (κ1) is 14.2. The van der Waals surface area contributed by atoms with Crippen LogP contribution < -0.4 is 0 Å².